The quantitative estimate of drug-likeness (QED) is 0.853. The number of rotatable bonds is 4. The molecule has 0 aliphatic rings. The number of aliphatic hydroxyl groups is 1. The molecule has 16 heavy (non-hydrogen) atoms. The lowest BCUT2D eigenvalue weighted by molar-refractivity contribution is -0.0462. The minimum absolute atomic E-state index is 0.123. The summed E-state index contributed by atoms with van der Waals surface area (Å²) in [4.78, 5) is 11.4. The molecule has 88 valence electrons. The van der Waals surface area contributed by atoms with Crippen LogP contribution >= 0.6 is 11.6 Å². The molecular weight excluding hydrogens is 240 g/mol. The zero-order valence-corrected chi connectivity index (χ0v) is 8.97. The van der Waals surface area contributed by atoms with Crippen molar-refractivity contribution < 1.29 is 18.7 Å². The van der Waals surface area contributed by atoms with Crippen LogP contribution in [0.15, 0.2) is 24.3 Å². The topological polar surface area (TPSA) is 49.3 Å². The lowest BCUT2D eigenvalue weighted by Gasteiger charge is -2.14. The smallest absolute Gasteiger partial charge is 0.287 e. The van der Waals surface area contributed by atoms with Crippen molar-refractivity contribution in [2.75, 3.05) is 13.2 Å². The van der Waals surface area contributed by atoms with Crippen molar-refractivity contribution in [2.24, 2.45) is 0 Å². The van der Waals surface area contributed by atoms with Gasteiger partial charge in [-0.1, -0.05) is 23.7 Å². The number of hydrogen-bond acceptors (Lipinski definition) is 2. The van der Waals surface area contributed by atoms with Gasteiger partial charge in [-0.3, -0.25) is 4.79 Å². The first-order valence-corrected chi connectivity index (χ1v) is 4.85. The van der Waals surface area contributed by atoms with Crippen molar-refractivity contribution in [1.29, 1.82) is 0 Å². The number of aliphatic hydroxyl groups excluding tert-OH is 1. The molecule has 0 saturated carbocycles. The highest BCUT2D eigenvalue weighted by Crippen LogP contribution is 2.15. The molecule has 0 bridgehead atoms. The Balaban J connectivity index is 2.64. The van der Waals surface area contributed by atoms with E-state index in [4.69, 9.17) is 16.7 Å². The van der Waals surface area contributed by atoms with Gasteiger partial charge in [-0.05, 0) is 12.1 Å². The van der Waals surface area contributed by atoms with Crippen LogP contribution in [0.4, 0.5) is 8.78 Å². The maximum atomic E-state index is 12.6. The Morgan fingerprint density at radius 2 is 2.06 bits per heavy atom. The Hall–Kier alpha value is -1.20. The van der Waals surface area contributed by atoms with Crippen molar-refractivity contribution in [3.63, 3.8) is 0 Å². The molecule has 0 heterocycles. The lowest BCUT2D eigenvalue weighted by Crippen LogP contribution is -2.39. The summed E-state index contributed by atoms with van der Waals surface area (Å²) in [6.07, 6.45) is 0. The fraction of sp³-hybridized carbons (Fsp3) is 0.300. The van der Waals surface area contributed by atoms with Crippen molar-refractivity contribution >= 4 is 17.5 Å². The van der Waals surface area contributed by atoms with Crippen molar-refractivity contribution in [2.45, 2.75) is 5.92 Å². The van der Waals surface area contributed by atoms with E-state index in [1.165, 1.54) is 12.1 Å². The van der Waals surface area contributed by atoms with Crippen LogP contribution in [0.25, 0.3) is 0 Å². The summed E-state index contributed by atoms with van der Waals surface area (Å²) in [6.45, 7) is -2.23. The molecule has 1 rings (SSSR count). The number of carbonyl (C=O) groups is 1. The molecule has 0 spiro atoms. The van der Waals surface area contributed by atoms with Crippen molar-refractivity contribution in [3.05, 3.63) is 34.9 Å². The van der Waals surface area contributed by atoms with Gasteiger partial charge in [-0.15, -0.1) is 0 Å². The van der Waals surface area contributed by atoms with E-state index in [-0.39, 0.29) is 10.6 Å². The standard InChI is InChI=1S/C10H10ClF2NO2/c11-8-4-2-1-3-7(8)9(16)14-5-10(12,13)6-15/h1-4,15H,5-6H2,(H,14,16). The van der Waals surface area contributed by atoms with Gasteiger partial charge < -0.3 is 10.4 Å². The van der Waals surface area contributed by atoms with E-state index in [2.05, 4.69) is 0 Å². The van der Waals surface area contributed by atoms with Gasteiger partial charge in [0.05, 0.1) is 17.1 Å². The van der Waals surface area contributed by atoms with Crippen LogP contribution in [-0.2, 0) is 0 Å². The second kappa shape index (κ2) is 5.23. The van der Waals surface area contributed by atoms with Crippen LogP contribution in [-0.4, -0.2) is 30.1 Å². The molecule has 0 aliphatic carbocycles. The molecule has 0 aromatic heterocycles. The summed E-state index contributed by atoms with van der Waals surface area (Å²) in [5.41, 5.74) is 0.123. The van der Waals surface area contributed by atoms with E-state index in [0.29, 0.717) is 0 Å². The van der Waals surface area contributed by atoms with Crippen LogP contribution in [0, 0.1) is 0 Å². The third-order valence-electron chi connectivity index (χ3n) is 1.86. The number of amides is 1. The number of alkyl halides is 2. The van der Waals surface area contributed by atoms with E-state index in [0.717, 1.165) is 0 Å². The lowest BCUT2D eigenvalue weighted by atomic mass is 10.2. The summed E-state index contributed by atoms with van der Waals surface area (Å²) in [7, 11) is 0. The number of carbonyl (C=O) groups excluding carboxylic acids is 1. The van der Waals surface area contributed by atoms with Gasteiger partial charge in [0, 0.05) is 0 Å². The minimum Gasteiger partial charge on any atom is -0.390 e. The van der Waals surface area contributed by atoms with Crippen molar-refractivity contribution in [1.82, 2.24) is 5.32 Å². The van der Waals surface area contributed by atoms with Gasteiger partial charge in [0.1, 0.15) is 6.61 Å². The van der Waals surface area contributed by atoms with E-state index in [9.17, 15) is 13.6 Å². The number of benzene rings is 1. The Morgan fingerprint density at radius 3 is 2.62 bits per heavy atom. The summed E-state index contributed by atoms with van der Waals surface area (Å²) < 4.78 is 25.3. The molecule has 0 aliphatic heterocycles. The normalized spacial score (nSPS) is 11.2. The highest BCUT2D eigenvalue weighted by molar-refractivity contribution is 6.33. The Kier molecular flexibility index (Phi) is 4.20. The maximum Gasteiger partial charge on any atom is 0.287 e. The molecule has 0 saturated heterocycles. The molecule has 6 heteroatoms. The first kappa shape index (κ1) is 12.9. The number of hydrogen-bond donors (Lipinski definition) is 2. The molecule has 0 unspecified atom stereocenters. The highest BCUT2D eigenvalue weighted by atomic mass is 35.5. The summed E-state index contributed by atoms with van der Waals surface area (Å²) >= 11 is 5.71. The second-order valence-corrected chi connectivity index (χ2v) is 3.58. The third kappa shape index (κ3) is 3.43. The first-order chi connectivity index (χ1) is 7.46. The largest absolute Gasteiger partial charge is 0.390 e. The molecule has 3 nitrogen and oxygen atoms in total. The fourth-order valence-electron chi connectivity index (χ4n) is 1.01. The SMILES string of the molecule is O=C(NCC(F)(F)CO)c1ccccc1Cl. The predicted octanol–water partition coefficient (Wildman–Crippen LogP) is 1.70. The zero-order valence-electron chi connectivity index (χ0n) is 8.21. The highest BCUT2D eigenvalue weighted by Gasteiger charge is 2.28. The molecule has 1 aromatic rings. The number of halogens is 3. The Labute approximate surface area is 96.0 Å². The van der Waals surface area contributed by atoms with Gasteiger partial charge in [-0.2, -0.15) is 0 Å². The van der Waals surface area contributed by atoms with Crippen molar-refractivity contribution in [3.8, 4) is 0 Å². The zero-order chi connectivity index (χ0) is 12.2. The Bertz CT molecular complexity index is 385. The van der Waals surface area contributed by atoms with Crippen LogP contribution in [0.1, 0.15) is 10.4 Å². The minimum atomic E-state index is -3.32. The predicted molar refractivity (Wildman–Crippen MR) is 55.8 cm³/mol. The number of nitrogens with one attached hydrogen (secondary N) is 1. The summed E-state index contributed by atoms with van der Waals surface area (Å²) in [6, 6.07) is 6.11. The van der Waals surface area contributed by atoms with Crippen LogP contribution in [0.5, 0.6) is 0 Å². The van der Waals surface area contributed by atoms with Crippen LogP contribution in [0.2, 0.25) is 5.02 Å². The molecule has 0 fully saturated rings. The fourth-order valence-corrected chi connectivity index (χ4v) is 1.23. The summed E-state index contributed by atoms with van der Waals surface area (Å²) in [5, 5.41) is 10.5. The first-order valence-electron chi connectivity index (χ1n) is 4.48. The molecule has 1 amide bonds. The molecule has 0 radical (unpaired) electrons. The van der Waals surface area contributed by atoms with E-state index in [1.54, 1.807) is 12.1 Å². The molecule has 1 aromatic carbocycles. The molecule has 2 N–H and O–H groups in total. The van der Waals surface area contributed by atoms with Crippen LogP contribution < -0.4 is 5.32 Å². The second-order valence-electron chi connectivity index (χ2n) is 3.18. The maximum absolute atomic E-state index is 12.6. The van der Waals surface area contributed by atoms with Gasteiger partial charge in [-0.25, -0.2) is 8.78 Å². The molecular formula is C10H10ClF2NO2. The van der Waals surface area contributed by atoms with E-state index >= 15 is 0 Å². The van der Waals surface area contributed by atoms with Gasteiger partial charge in [0.2, 0.25) is 0 Å². The average molecular weight is 250 g/mol. The average Bonchev–Trinajstić information content (AvgIpc) is 2.27. The monoisotopic (exact) mass is 249 g/mol. The summed E-state index contributed by atoms with van der Waals surface area (Å²) in [5.74, 6) is -4.02. The van der Waals surface area contributed by atoms with E-state index < -0.39 is 25.0 Å². The van der Waals surface area contributed by atoms with Gasteiger partial charge in [0.15, 0.2) is 0 Å². The van der Waals surface area contributed by atoms with Gasteiger partial charge >= 0.3 is 0 Å². The third-order valence-corrected chi connectivity index (χ3v) is 2.19. The Morgan fingerprint density at radius 1 is 1.44 bits per heavy atom. The van der Waals surface area contributed by atoms with Gasteiger partial charge in [0.25, 0.3) is 11.8 Å². The van der Waals surface area contributed by atoms with E-state index in [1.807, 2.05) is 5.32 Å². The molecule has 0 atom stereocenters. The van der Waals surface area contributed by atoms with Crippen LogP contribution in [0.3, 0.4) is 0 Å².